The van der Waals surface area contributed by atoms with E-state index < -0.39 is 0 Å². The third kappa shape index (κ3) is 3.61. The predicted molar refractivity (Wildman–Crippen MR) is 79.3 cm³/mol. The zero-order chi connectivity index (χ0) is 13.9. The molecule has 4 heteroatoms. The van der Waals surface area contributed by atoms with Gasteiger partial charge in [0, 0.05) is 24.7 Å². The zero-order valence-corrected chi connectivity index (χ0v) is 12.8. The van der Waals surface area contributed by atoms with Crippen LogP contribution >= 0.6 is 0 Å². The van der Waals surface area contributed by atoms with Crippen molar-refractivity contribution in [1.29, 1.82) is 0 Å². The highest BCUT2D eigenvalue weighted by atomic mass is 16.5. The van der Waals surface area contributed by atoms with Crippen molar-refractivity contribution in [1.82, 2.24) is 15.4 Å². The molecular formula is C16H27N3O. The summed E-state index contributed by atoms with van der Waals surface area (Å²) >= 11 is 0. The Morgan fingerprint density at radius 1 is 1.30 bits per heavy atom. The SMILES string of the molecule is CC1CCCCC1N(C)Cc1cc(CNC2CC2)no1. The number of rotatable bonds is 6. The van der Waals surface area contributed by atoms with Crippen LogP contribution in [0.15, 0.2) is 10.6 Å². The van der Waals surface area contributed by atoms with Crippen LogP contribution in [0.4, 0.5) is 0 Å². The van der Waals surface area contributed by atoms with Crippen molar-refractivity contribution < 1.29 is 4.52 Å². The molecule has 2 fully saturated rings. The molecule has 0 radical (unpaired) electrons. The molecule has 0 saturated heterocycles. The lowest BCUT2D eigenvalue weighted by Gasteiger charge is -2.35. The first-order chi connectivity index (χ1) is 9.72. The minimum absolute atomic E-state index is 0.696. The first-order valence-electron chi connectivity index (χ1n) is 8.10. The lowest BCUT2D eigenvalue weighted by molar-refractivity contribution is 0.122. The number of hydrogen-bond acceptors (Lipinski definition) is 4. The summed E-state index contributed by atoms with van der Waals surface area (Å²) in [7, 11) is 2.22. The summed E-state index contributed by atoms with van der Waals surface area (Å²) in [6, 6.07) is 3.53. The molecule has 1 aromatic heterocycles. The molecule has 4 nitrogen and oxygen atoms in total. The number of nitrogens with one attached hydrogen (secondary N) is 1. The standard InChI is InChI=1S/C16H27N3O/c1-12-5-3-4-6-16(12)19(2)11-15-9-14(18-20-15)10-17-13-7-8-13/h9,12-13,16-17H,3-8,10-11H2,1-2H3. The average molecular weight is 277 g/mol. The van der Waals surface area contributed by atoms with Crippen molar-refractivity contribution in [3.8, 4) is 0 Å². The van der Waals surface area contributed by atoms with Gasteiger partial charge in [-0.25, -0.2) is 0 Å². The fourth-order valence-electron chi connectivity index (χ4n) is 3.36. The highest BCUT2D eigenvalue weighted by molar-refractivity contribution is 5.06. The quantitative estimate of drug-likeness (QED) is 0.868. The summed E-state index contributed by atoms with van der Waals surface area (Å²) in [4.78, 5) is 2.45. The average Bonchev–Trinajstić information content (AvgIpc) is 3.17. The molecule has 1 heterocycles. The molecular weight excluding hydrogens is 250 g/mol. The maximum absolute atomic E-state index is 5.48. The summed E-state index contributed by atoms with van der Waals surface area (Å²) in [5.74, 6) is 1.80. The van der Waals surface area contributed by atoms with Crippen LogP contribution in [0.3, 0.4) is 0 Å². The molecule has 0 amide bonds. The van der Waals surface area contributed by atoms with Gasteiger partial charge in [0.25, 0.3) is 0 Å². The normalized spacial score (nSPS) is 27.1. The molecule has 0 bridgehead atoms. The summed E-state index contributed by atoms with van der Waals surface area (Å²) in [6.45, 7) is 4.11. The Morgan fingerprint density at radius 2 is 2.10 bits per heavy atom. The van der Waals surface area contributed by atoms with Crippen LogP contribution in [0.2, 0.25) is 0 Å². The molecule has 2 saturated carbocycles. The highest BCUT2D eigenvalue weighted by Gasteiger charge is 2.25. The van der Waals surface area contributed by atoms with Gasteiger partial charge in [-0.2, -0.15) is 0 Å². The van der Waals surface area contributed by atoms with Gasteiger partial charge in [-0.15, -0.1) is 0 Å². The van der Waals surface area contributed by atoms with Crippen LogP contribution in [0, 0.1) is 5.92 Å². The molecule has 1 aromatic rings. The molecule has 3 rings (SSSR count). The fourth-order valence-corrected chi connectivity index (χ4v) is 3.36. The van der Waals surface area contributed by atoms with Gasteiger partial charge in [0.15, 0.2) is 5.76 Å². The summed E-state index contributed by atoms with van der Waals surface area (Å²) in [5, 5.41) is 7.64. The van der Waals surface area contributed by atoms with E-state index in [9.17, 15) is 0 Å². The first-order valence-corrected chi connectivity index (χ1v) is 8.10. The van der Waals surface area contributed by atoms with Crippen molar-refractivity contribution in [3.05, 3.63) is 17.5 Å². The van der Waals surface area contributed by atoms with Gasteiger partial charge in [-0.1, -0.05) is 24.9 Å². The van der Waals surface area contributed by atoms with Crippen LogP contribution in [0.25, 0.3) is 0 Å². The van der Waals surface area contributed by atoms with Gasteiger partial charge in [0.05, 0.1) is 12.2 Å². The molecule has 2 atom stereocenters. The Bertz CT molecular complexity index is 427. The third-order valence-corrected chi connectivity index (χ3v) is 4.79. The van der Waals surface area contributed by atoms with E-state index in [4.69, 9.17) is 4.52 Å². The smallest absolute Gasteiger partial charge is 0.151 e. The Hall–Kier alpha value is -0.870. The third-order valence-electron chi connectivity index (χ3n) is 4.79. The Morgan fingerprint density at radius 3 is 2.85 bits per heavy atom. The maximum Gasteiger partial charge on any atom is 0.151 e. The van der Waals surface area contributed by atoms with E-state index in [0.717, 1.165) is 36.5 Å². The molecule has 2 aliphatic rings. The monoisotopic (exact) mass is 277 g/mol. The molecule has 0 aromatic carbocycles. The van der Waals surface area contributed by atoms with E-state index in [-0.39, 0.29) is 0 Å². The number of nitrogens with zero attached hydrogens (tertiary/aromatic N) is 2. The van der Waals surface area contributed by atoms with Crippen LogP contribution in [-0.2, 0) is 13.1 Å². The van der Waals surface area contributed by atoms with Crippen molar-refractivity contribution in [3.63, 3.8) is 0 Å². The molecule has 2 unspecified atom stereocenters. The number of hydrogen-bond donors (Lipinski definition) is 1. The van der Waals surface area contributed by atoms with Gasteiger partial charge >= 0.3 is 0 Å². The van der Waals surface area contributed by atoms with Crippen LogP contribution in [0.1, 0.15) is 56.9 Å². The lowest BCUT2D eigenvalue weighted by Crippen LogP contribution is -2.38. The number of aromatic nitrogens is 1. The van der Waals surface area contributed by atoms with E-state index in [1.165, 1.54) is 38.5 Å². The molecule has 20 heavy (non-hydrogen) atoms. The molecule has 0 aliphatic heterocycles. The summed E-state index contributed by atoms with van der Waals surface area (Å²) < 4.78 is 5.48. The van der Waals surface area contributed by atoms with E-state index in [2.05, 4.69) is 35.4 Å². The van der Waals surface area contributed by atoms with E-state index in [0.29, 0.717) is 6.04 Å². The Kier molecular flexibility index (Phi) is 4.41. The second-order valence-electron chi connectivity index (χ2n) is 6.68. The summed E-state index contributed by atoms with van der Waals surface area (Å²) in [6.07, 6.45) is 8.07. The van der Waals surface area contributed by atoms with Gasteiger partial charge in [-0.05, 0) is 38.6 Å². The minimum Gasteiger partial charge on any atom is -0.360 e. The molecule has 2 aliphatic carbocycles. The Balaban J connectivity index is 1.50. The lowest BCUT2D eigenvalue weighted by atomic mass is 9.85. The van der Waals surface area contributed by atoms with Crippen LogP contribution in [-0.4, -0.2) is 29.2 Å². The van der Waals surface area contributed by atoms with E-state index in [1.54, 1.807) is 0 Å². The molecule has 112 valence electrons. The Labute approximate surface area is 121 Å². The van der Waals surface area contributed by atoms with Gasteiger partial charge in [-0.3, -0.25) is 4.90 Å². The first kappa shape index (κ1) is 14.1. The van der Waals surface area contributed by atoms with Crippen molar-refractivity contribution in [2.24, 2.45) is 5.92 Å². The van der Waals surface area contributed by atoms with Crippen LogP contribution in [0.5, 0.6) is 0 Å². The van der Waals surface area contributed by atoms with Gasteiger partial charge in [0.2, 0.25) is 0 Å². The van der Waals surface area contributed by atoms with Crippen molar-refractivity contribution >= 4 is 0 Å². The maximum atomic E-state index is 5.48. The van der Waals surface area contributed by atoms with Gasteiger partial charge in [0.1, 0.15) is 0 Å². The van der Waals surface area contributed by atoms with Crippen molar-refractivity contribution in [2.45, 2.75) is 70.6 Å². The predicted octanol–water partition coefficient (Wildman–Crippen LogP) is 2.94. The minimum atomic E-state index is 0.696. The van der Waals surface area contributed by atoms with Crippen molar-refractivity contribution in [2.75, 3.05) is 7.05 Å². The summed E-state index contributed by atoms with van der Waals surface area (Å²) in [5.41, 5.74) is 1.04. The van der Waals surface area contributed by atoms with Crippen LogP contribution < -0.4 is 5.32 Å². The topological polar surface area (TPSA) is 41.3 Å². The van der Waals surface area contributed by atoms with E-state index in [1.807, 2.05) is 0 Å². The molecule has 0 spiro atoms. The fraction of sp³-hybridized carbons (Fsp3) is 0.812. The highest BCUT2D eigenvalue weighted by Crippen LogP contribution is 2.28. The second-order valence-corrected chi connectivity index (χ2v) is 6.68. The largest absolute Gasteiger partial charge is 0.360 e. The van der Waals surface area contributed by atoms with Gasteiger partial charge < -0.3 is 9.84 Å². The second kappa shape index (κ2) is 6.27. The zero-order valence-electron chi connectivity index (χ0n) is 12.8. The molecule has 1 N–H and O–H groups in total. The van der Waals surface area contributed by atoms with E-state index >= 15 is 0 Å².